The molecule has 2 aromatic carbocycles. The summed E-state index contributed by atoms with van der Waals surface area (Å²) in [7, 11) is 2.14. The number of anilines is 2. The Morgan fingerprint density at radius 3 is 2.76 bits per heavy atom. The van der Waals surface area contributed by atoms with Crippen LogP contribution < -0.4 is 14.5 Å². The zero-order valence-corrected chi connectivity index (χ0v) is 21.7. The zero-order valence-electron chi connectivity index (χ0n) is 20.9. The maximum absolute atomic E-state index is 11.9. The van der Waals surface area contributed by atoms with Crippen molar-refractivity contribution in [1.29, 1.82) is 0 Å². The van der Waals surface area contributed by atoms with Crippen LogP contribution in [0.15, 0.2) is 36.4 Å². The summed E-state index contributed by atoms with van der Waals surface area (Å²) in [5, 5.41) is 2.95. The Hall–Kier alpha value is -3.10. The Bertz CT molecular complexity index is 1380. The summed E-state index contributed by atoms with van der Waals surface area (Å²) in [5.41, 5.74) is 3.23. The second kappa shape index (κ2) is 9.03. The Morgan fingerprint density at radius 1 is 1.11 bits per heavy atom. The molecule has 3 saturated heterocycles. The maximum Gasteiger partial charge on any atom is 0.318 e. The van der Waals surface area contributed by atoms with E-state index in [0.29, 0.717) is 38.3 Å². The van der Waals surface area contributed by atoms with Crippen molar-refractivity contribution in [2.24, 2.45) is 5.92 Å². The number of fused-ring (bicyclic) bond motifs is 3. The number of likely N-dealkylation sites (N-methyl/N-ethyl adjacent to an activating group) is 1. The van der Waals surface area contributed by atoms with Crippen LogP contribution in [-0.4, -0.2) is 72.8 Å². The van der Waals surface area contributed by atoms with Crippen LogP contribution in [0, 0.1) is 5.92 Å². The highest BCUT2D eigenvalue weighted by Crippen LogP contribution is 2.39. The summed E-state index contributed by atoms with van der Waals surface area (Å²) >= 11 is 6.66. The number of halogens is 1. The second-order valence-corrected chi connectivity index (χ2v) is 11.0. The number of nitrogens with zero attached hydrogens (tertiary/aromatic N) is 5. The Balaban J connectivity index is 1.23. The van der Waals surface area contributed by atoms with Crippen LogP contribution in [-0.2, 0) is 22.5 Å². The molecule has 0 bridgehead atoms. The SMILES string of the molecule is CN1CCC[C@@H]1COc1nc2c(c(N3C[C@@H]4OC(=O)[C@@H]4C3)n1)CCN(c1cccc3cccc(Cl)c13)C2. The van der Waals surface area contributed by atoms with Crippen molar-refractivity contribution in [2.75, 3.05) is 49.6 Å². The summed E-state index contributed by atoms with van der Waals surface area (Å²) in [6, 6.07) is 13.1. The van der Waals surface area contributed by atoms with Gasteiger partial charge in [0.15, 0.2) is 0 Å². The van der Waals surface area contributed by atoms with Gasteiger partial charge in [-0.3, -0.25) is 4.79 Å². The van der Waals surface area contributed by atoms with Gasteiger partial charge in [0.25, 0.3) is 0 Å². The second-order valence-electron chi connectivity index (χ2n) is 10.6. The number of carbonyl (C=O) groups is 1. The van der Waals surface area contributed by atoms with Crippen molar-refractivity contribution in [3.63, 3.8) is 0 Å². The Kier molecular flexibility index (Phi) is 5.62. The number of hydrogen-bond donors (Lipinski definition) is 0. The van der Waals surface area contributed by atoms with Crippen molar-refractivity contribution < 1.29 is 14.3 Å². The summed E-state index contributed by atoms with van der Waals surface area (Å²) in [4.78, 5) is 28.6. The Labute approximate surface area is 221 Å². The summed E-state index contributed by atoms with van der Waals surface area (Å²) in [6.07, 6.45) is 3.08. The minimum atomic E-state index is -0.102. The minimum absolute atomic E-state index is 0.0347. The normalized spacial score (nSPS) is 25.1. The molecule has 7 rings (SSSR count). The smallest absolute Gasteiger partial charge is 0.318 e. The van der Waals surface area contributed by atoms with E-state index in [1.54, 1.807) is 0 Å². The lowest BCUT2D eigenvalue weighted by molar-refractivity contribution is -0.177. The molecule has 4 aliphatic heterocycles. The van der Waals surface area contributed by atoms with Gasteiger partial charge in [0.05, 0.1) is 23.8 Å². The molecule has 4 aliphatic rings. The molecule has 1 aromatic heterocycles. The molecule has 0 unspecified atom stereocenters. The first-order valence-corrected chi connectivity index (χ1v) is 13.5. The third-order valence-corrected chi connectivity index (χ3v) is 8.72. The van der Waals surface area contributed by atoms with Gasteiger partial charge in [0.2, 0.25) is 0 Å². The third kappa shape index (κ3) is 3.97. The van der Waals surface area contributed by atoms with Crippen molar-refractivity contribution in [3.8, 4) is 6.01 Å². The molecular formula is C28H30ClN5O3. The largest absolute Gasteiger partial charge is 0.462 e. The summed E-state index contributed by atoms with van der Waals surface area (Å²) < 4.78 is 11.6. The number of aromatic nitrogens is 2. The first kappa shape index (κ1) is 23.0. The van der Waals surface area contributed by atoms with Crippen LogP contribution >= 0.6 is 11.6 Å². The predicted octanol–water partition coefficient (Wildman–Crippen LogP) is 3.68. The van der Waals surface area contributed by atoms with E-state index in [0.717, 1.165) is 64.5 Å². The predicted molar refractivity (Wildman–Crippen MR) is 142 cm³/mol. The van der Waals surface area contributed by atoms with Gasteiger partial charge in [0.1, 0.15) is 24.4 Å². The average Bonchev–Trinajstić information content (AvgIpc) is 3.48. The number of likely N-dealkylation sites (tertiary alicyclic amines) is 1. The van der Waals surface area contributed by atoms with Gasteiger partial charge in [-0.15, -0.1) is 0 Å². The lowest BCUT2D eigenvalue weighted by atomic mass is 10.0. The molecule has 8 nitrogen and oxygen atoms in total. The average molecular weight is 520 g/mol. The van der Waals surface area contributed by atoms with Gasteiger partial charge in [-0.1, -0.05) is 35.9 Å². The van der Waals surface area contributed by atoms with Gasteiger partial charge in [0, 0.05) is 35.8 Å². The van der Waals surface area contributed by atoms with Gasteiger partial charge < -0.3 is 24.2 Å². The van der Waals surface area contributed by atoms with Gasteiger partial charge >= 0.3 is 12.0 Å². The molecule has 3 fully saturated rings. The molecule has 3 aromatic rings. The fourth-order valence-electron chi connectivity index (χ4n) is 6.28. The third-order valence-electron chi connectivity index (χ3n) is 8.41. The highest BCUT2D eigenvalue weighted by atomic mass is 35.5. The van der Waals surface area contributed by atoms with Crippen LogP contribution in [0.3, 0.4) is 0 Å². The molecule has 192 valence electrons. The number of carbonyl (C=O) groups excluding carboxylic acids is 1. The van der Waals surface area contributed by atoms with Crippen molar-refractivity contribution in [3.05, 3.63) is 52.7 Å². The van der Waals surface area contributed by atoms with E-state index in [4.69, 9.17) is 31.0 Å². The lowest BCUT2D eigenvalue weighted by Gasteiger charge is -2.33. The van der Waals surface area contributed by atoms with Crippen molar-refractivity contribution in [2.45, 2.75) is 38.0 Å². The quantitative estimate of drug-likeness (QED) is 0.473. The van der Waals surface area contributed by atoms with E-state index in [2.05, 4.69) is 46.0 Å². The van der Waals surface area contributed by atoms with E-state index < -0.39 is 0 Å². The fraction of sp³-hybridized carbons (Fsp3) is 0.464. The van der Waals surface area contributed by atoms with E-state index >= 15 is 0 Å². The topological polar surface area (TPSA) is 71.0 Å². The molecule has 0 saturated carbocycles. The molecule has 3 atom stereocenters. The minimum Gasteiger partial charge on any atom is -0.462 e. The molecule has 0 N–H and O–H groups in total. The summed E-state index contributed by atoms with van der Waals surface area (Å²) in [5.74, 6) is 0.733. The number of ether oxygens (including phenoxy) is 2. The van der Waals surface area contributed by atoms with E-state index in [-0.39, 0.29) is 18.0 Å². The van der Waals surface area contributed by atoms with Crippen LogP contribution in [0.4, 0.5) is 11.5 Å². The van der Waals surface area contributed by atoms with Crippen LogP contribution in [0.2, 0.25) is 5.02 Å². The molecule has 0 spiro atoms. The lowest BCUT2D eigenvalue weighted by Crippen LogP contribution is -2.43. The molecule has 5 heterocycles. The molecule has 37 heavy (non-hydrogen) atoms. The van der Waals surface area contributed by atoms with Crippen molar-refractivity contribution in [1.82, 2.24) is 14.9 Å². The standard InChI is InChI=1S/C28H30ClN5O3/c1-32-11-4-7-18(32)16-36-28-30-22-14-33(23-9-3-6-17-5-2-8-21(29)25(17)23)12-10-19(22)26(31-28)34-13-20-24(15-34)37-27(20)35/h2-3,5-6,8-9,18,20,24H,4,7,10-16H2,1H3/t18-,20-,24+/m1/s1. The van der Waals surface area contributed by atoms with E-state index in [9.17, 15) is 4.79 Å². The molecular weight excluding hydrogens is 490 g/mol. The Morgan fingerprint density at radius 2 is 1.97 bits per heavy atom. The summed E-state index contributed by atoms with van der Waals surface area (Å²) in [6.45, 7) is 4.46. The number of esters is 1. The highest BCUT2D eigenvalue weighted by Gasteiger charge is 2.50. The van der Waals surface area contributed by atoms with Crippen LogP contribution in [0.25, 0.3) is 10.8 Å². The van der Waals surface area contributed by atoms with Gasteiger partial charge in [-0.25, -0.2) is 0 Å². The number of benzene rings is 2. The first-order chi connectivity index (χ1) is 18.0. The first-order valence-electron chi connectivity index (χ1n) is 13.2. The zero-order chi connectivity index (χ0) is 25.1. The number of rotatable bonds is 5. The van der Waals surface area contributed by atoms with Crippen LogP contribution in [0.1, 0.15) is 24.1 Å². The van der Waals surface area contributed by atoms with E-state index in [1.807, 2.05) is 12.1 Å². The molecule has 0 aliphatic carbocycles. The molecule has 0 radical (unpaired) electrons. The van der Waals surface area contributed by atoms with E-state index in [1.165, 1.54) is 6.42 Å². The highest BCUT2D eigenvalue weighted by molar-refractivity contribution is 6.36. The van der Waals surface area contributed by atoms with Gasteiger partial charge in [-0.05, 0) is 50.4 Å². The van der Waals surface area contributed by atoms with Gasteiger partial charge in [-0.2, -0.15) is 9.97 Å². The van der Waals surface area contributed by atoms with Crippen molar-refractivity contribution >= 4 is 39.8 Å². The number of hydrogen-bond acceptors (Lipinski definition) is 8. The van der Waals surface area contributed by atoms with Crippen LogP contribution in [0.5, 0.6) is 6.01 Å². The molecule has 0 amide bonds. The molecule has 9 heteroatoms. The monoisotopic (exact) mass is 519 g/mol. The maximum atomic E-state index is 11.9. The fourth-order valence-corrected chi connectivity index (χ4v) is 6.56.